The van der Waals surface area contributed by atoms with E-state index in [0.717, 1.165) is 148 Å². The topological polar surface area (TPSA) is 78.9 Å². The minimum Gasteiger partial charge on any atom is -0.462 e. The van der Waals surface area contributed by atoms with E-state index in [0.29, 0.717) is 12.8 Å². The molecular formula is C61H98O6. The number of rotatable bonds is 47. The Balaban J connectivity index is 4.52. The second kappa shape index (κ2) is 54.4. The van der Waals surface area contributed by atoms with Crippen LogP contribution in [-0.2, 0) is 28.6 Å². The fourth-order valence-corrected chi connectivity index (χ4v) is 6.92. The second-order valence-corrected chi connectivity index (χ2v) is 17.4. The molecule has 1 atom stereocenters. The Morgan fingerprint density at radius 2 is 0.582 bits per heavy atom. The van der Waals surface area contributed by atoms with Crippen LogP contribution >= 0.6 is 0 Å². The number of esters is 3. The third-order valence-electron chi connectivity index (χ3n) is 10.9. The van der Waals surface area contributed by atoms with E-state index in [2.05, 4.69) is 142 Å². The SMILES string of the molecule is CC/C=C\C/C=C\C/C=C\C/C=C\C/C=C\CCCCCC(=O)OC[C@H](COC(=O)CCCCCCC/C=C\CCCCCC)OC(=O)CCCCCC/C=C\C/C=C\C/C=C\C/C=C\CC. The van der Waals surface area contributed by atoms with Crippen LogP contribution in [-0.4, -0.2) is 37.2 Å². The molecule has 0 fully saturated rings. The maximum atomic E-state index is 12.8. The largest absolute Gasteiger partial charge is 0.462 e. The summed E-state index contributed by atoms with van der Waals surface area (Å²) in [6.07, 6.45) is 74.6. The molecule has 0 aromatic rings. The lowest BCUT2D eigenvalue weighted by Gasteiger charge is -2.18. The van der Waals surface area contributed by atoms with Gasteiger partial charge in [-0.1, -0.05) is 200 Å². The summed E-state index contributed by atoms with van der Waals surface area (Å²) in [6.45, 7) is 6.33. The van der Waals surface area contributed by atoms with Gasteiger partial charge in [-0.15, -0.1) is 0 Å². The molecule has 0 amide bonds. The van der Waals surface area contributed by atoms with Crippen molar-refractivity contribution in [3.8, 4) is 0 Å². The molecule has 67 heavy (non-hydrogen) atoms. The van der Waals surface area contributed by atoms with Crippen molar-refractivity contribution in [3.63, 3.8) is 0 Å². The van der Waals surface area contributed by atoms with Crippen molar-refractivity contribution in [1.82, 2.24) is 0 Å². The van der Waals surface area contributed by atoms with Crippen LogP contribution in [0.4, 0.5) is 0 Å². The van der Waals surface area contributed by atoms with Gasteiger partial charge in [0.15, 0.2) is 6.10 Å². The summed E-state index contributed by atoms with van der Waals surface area (Å²) in [5, 5.41) is 0. The average Bonchev–Trinajstić information content (AvgIpc) is 3.33. The van der Waals surface area contributed by atoms with Gasteiger partial charge in [0.1, 0.15) is 13.2 Å². The first-order valence-corrected chi connectivity index (χ1v) is 27.0. The normalized spacial score (nSPS) is 13.1. The van der Waals surface area contributed by atoms with Gasteiger partial charge in [0.25, 0.3) is 0 Å². The molecule has 0 aromatic carbocycles. The highest BCUT2D eigenvalue weighted by atomic mass is 16.6. The number of ether oxygens (including phenoxy) is 3. The summed E-state index contributed by atoms with van der Waals surface area (Å²) >= 11 is 0. The molecule has 0 saturated carbocycles. The molecular weight excluding hydrogens is 829 g/mol. The smallest absolute Gasteiger partial charge is 0.306 e. The van der Waals surface area contributed by atoms with Crippen LogP contribution in [0.15, 0.2) is 122 Å². The molecule has 0 unspecified atom stereocenters. The number of carbonyl (C=O) groups excluding carboxylic acids is 3. The number of carbonyl (C=O) groups is 3. The first kappa shape index (κ1) is 62.8. The zero-order valence-electron chi connectivity index (χ0n) is 43.1. The van der Waals surface area contributed by atoms with E-state index in [9.17, 15) is 14.4 Å². The predicted molar refractivity (Wildman–Crippen MR) is 288 cm³/mol. The molecule has 0 bridgehead atoms. The number of hydrogen-bond donors (Lipinski definition) is 0. The summed E-state index contributed by atoms with van der Waals surface area (Å²) in [5.41, 5.74) is 0. The highest BCUT2D eigenvalue weighted by molar-refractivity contribution is 5.71. The van der Waals surface area contributed by atoms with Gasteiger partial charge in [-0.3, -0.25) is 14.4 Å². The first-order valence-electron chi connectivity index (χ1n) is 27.0. The third-order valence-corrected chi connectivity index (χ3v) is 10.9. The lowest BCUT2D eigenvalue weighted by atomic mass is 10.1. The number of allylic oxidation sites excluding steroid dienone is 20. The maximum absolute atomic E-state index is 12.8. The second-order valence-electron chi connectivity index (χ2n) is 17.4. The van der Waals surface area contributed by atoms with Crippen LogP contribution in [0.1, 0.15) is 226 Å². The monoisotopic (exact) mass is 927 g/mol. The van der Waals surface area contributed by atoms with Crippen LogP contribution in [0.3, 0.4) is 0 Å². The van der Waals surface area contributed by atoms with Crippen molar-refractivity contribution >= 4 is 17.9 Å². The molecule has 0 heterocycles. The molecule has 0 spiro atoms. The Morgan fingerprint density at radius 1 is 0.313 bits per heavy atom. The highest BCUT2D eigenvalue weighted by Crippen LogP contribution is 2.13. The molecule has 378 valence electrons. The van der Waals surface area contributed by atoms with Crippen molar-refractivity contribution in [2.24, 2.45) is 0 Å². The van der Waals surface area contributed by atoms with E-state index in [1.165, 1.54) is 38.5 Å². The standard InChI is InChI=1S/C61H98O6/c1-4-7-10-13-16-19-22-25-27-29-30-32-33-36-39-42-45-48-51-54-60(63)66-57-58(56-65-59(62)53-50-47-44-41-38-35-24-21-18-15-12-9-6-3)67-61(64)55-52-49-46-43-40-37-34-31-28-26-23-20-17-14-11-8-5-2/h7-8,10-11,16-17,19-21,24-28,30,32,34,36-37,39,58H,4-6,9,12-15,18,22-23,29,31,33,35,38,40-57H2,1-3H3/b10-7-,11-8-,19-16-,20-17-,24-21-,27-25-,28-26-,32-30-,37-34-,39-36-/t58-/m0/s1. The summed E-state index contributed by atoms with van der Waals surface area (Å²) in [6, 6.07) is 0. The molecule has 0 aliphatic rings. The highest BCUT2D eigenvalue weighted by Gasteiger charge is 2.19. The fraction of sp³-hybridized carbons (Fsp3) is 0.623. The zero-order valence-corrected chi connectivity index (χ0v) is 43.1. The Kier molecular flexibility index (Phi) is 51.0. The van der Waals surface area contributed by atoms with Gasteiger partial charge in [-0.05, 0) is 128 Å². The molecule has 0 N–H and O–H groups in total. The van der Waals surface area contributed by atoms with Gasteiger partial charge in [0.2, 0.25) is 0 Å². The Labute approximate surface area is 412 Å². The van der Waals surface area contributed by atoms with E-state index >= 15 is 0 Å². The molecule has 6 nitrogen and oxygen atoms in total. The lowest BCUT2D eigenvalue weighted by molar-refractivity contribution is -0.167. The van der Waals surface area contributed by atoms with Gasteiger partial charge in [-0.2, -0.15) is 0 Å². The zero-order chi connectivity index (χ0) is 48.6. The van der Waals surface area contributed by atoms with E-state index < -0.39 is 6.10 Å². The summed E-state index contributed by atoms with van der Waals surface area (Å²) < 4.78 is 16.8. The average molecular weight is 927 g/mol. The van der Waals surface area contributed by atoms with Gasteiger partial charge in [-0.25, -0.2) is 0 Å². The van der Waals surface area contributed by atoms with Crippen molar-refractivity contribution in [1.29, 1.82) is 0 Å². The van der Waals surface area contributed by atoms with Crippen LogP contribution in [0.25, 0.3) is 0 Å². The summed E-state index contributed by atoms with van der Waals surface area (Å²) in [5.74, 6) is -0.977. The number of unbranched alkanes of at least 4 members (excludes halogenated alkanes) is 16. The van der Waals surface area contributed by atoms with Gasteiger partial charge in [0, 0.05) is 19.3 Å². The van der Waals surface area contributed by atoms with E-state index in [-0.39, 0.29) is 37.5 Å². The molecule has 0 aliphatic carbocycles. The van der Waals surface area contributed by atoms with Crippen molar-refractivity contribution < 1.29 is 28.6 Å². The van der Waals surface area contributed by atoms with Gasteiger partial charge in [0.05, 0.1) is 0 Å². The molecule has 6 heteroatoms. The Bertz CT molecular complexity index is 1440. The van der Waals surface area contributed by atoms with Crippen molar-refractivity contribution in [2.75, 3.05) is 13.2 Å². The Hall–Kier alpha value is -4.19. The third kappa shape index (κ3) is 52.6. The molecule has 0 rings (SSSR count). The molecule has 0 saturated heterocycles. The number of hydrogen-bond acceptors (Lipinski definition) is 6. The van der Waals surface area contributed by atoms with E-state index in [4.69, 9.17) is 14.2 Å². The van der Waals surface area contributed by atoms with Gasteiger partial charge < -0.3 is 14.2 Å². The molecule has 0 aromatic heterocycles. The molecule has 0 radical (unpaired) electrons. The lowest BCUT2D eigenvalue weighted by Crippen LogP contribution is -2.30. The quantitative estimate of drug-likeness (QED) is 0.0262. The minimum absolute atomic E-state index is 0.106. The van der Waals surface area contributed by atoms with Crippen LogP contribution in [0.2, 0.25) is 0 Å². The van der Waals surface area contributed by atoms with Gasteiger partial charge >= 0.3 is 17.9 Å². The van der Waals surface area contributed by atoms with E-state index in [1.54, 1.807) is 0 Å². The van der Waals surface area contributed by atoms with E-state index in [1.807, 2.05) is 0 Å². The molecule has 0 aliphatic heterocycles. The minimum atomic E-state index is -0.811. The first-order chi connectivity index (χ1) is 33.0. The van der Waals surface area contributed by atoms with Crippen molar-refractivity contribution in [2.45, 2.75) is 232 Å². The Morgan fingerprint density at radius 3 is 0.940 bits per heavy atom. The van der Waals surface area contributed by atoms with Crippen molar-refractivity contribution in [3.05, 3.63) is 122 Å². The summed E-state index contributed by atoms with van der Waals surface area (Å²) in [7, 11) is 0. The van der Waals surface area contributed by atoms with Crippen LogP contribution < -0.4 is 0 Å². The predicted octanol–water partition coefficient (Wildman–Crippen LogP) is 18.1. The fourth-order valence-electron chi connectivity index (χ4n) is 6.92. The van der Waals surface area contributed by atoms with Crippen LogP contribution in [0, 0.1) is 0 Å². The van der Waals surface area contributed by atoms with Crippen LogP contribution in [0.5, 0.6) is 0 Å². The maximum Gasteiger partial charge on any atom is 0.306 e. The summed E-state index contributed by atoms with van der Waals surface area (Å²) in [4.78, 5) is 38.1.